The minimum Gasteiger partial charge on any atom is -0.396 e. The molecule has 8 heteroatoms. The molecule has 2 heterocycles. The van der Waals surface area contributed by atoms with Crippen molar-refractivity contribution in [3.05, 3.63) is 22.7 Å². The summed E-state index contributed by atoms with van der Waals surface area (Å²) in [4.78, 5) is 15.0. The van der Waals surface area contributed by atoms with E-state index in [0.29, 0.717) is 23.5 Å². The Morgan fingerprint density at radius 1 is 1.55 bits per heavy atom. The van der Waals surface area contributed by atoms with Crippen LogP contribution in [-0.2, 0) is 0 Å². The van der Waals surface area contributed by atoms with E-state index in [0.717, 1.165) is 0 Å². The monoisotopic (exact) mass is 295 g/mol. The summed E-state index contributed by atoms with van der Waals surface area (Å²) in [5, 5.41) is 21.8. The van der Waals surface area contributed by atoms with Gasteiger partial charge in [-0.2, -0.15) is 4.68 Å². The van der Waals surface area contributed by atoms with Gasteiger partial charge in [-0.15, -0.1) is 16.4 Å². The lowest BCUT2D eigenvalue weighted by Gasteiger charge is -2.26. The number of amides is 1. The third-order valence-corrected chi connectivity index (χ3v) is 3.77. The van der Waals surface area contributed by atoms with Gasteiger partial charge in [0, 0.05) is 19.2 Å². The van der Waals surface area contributed by atoms with Gasteiger partial charge in [0.25, 0.3) is 5.91 Å². The predicted molar refractivity (Wildman–Crippen MR) is 74.9 cm³/mol. The van der Waals surface area contributed by atoms with Crippen LogP contribution in [-0.4, -0.2) is 55.3 Å². The van der Waals surface area contributed by atoms with Crippen molar-refractivity contribution < 1.29 is 9.90 Å². The van der Waals surface area contributed by atoms with E-state index in [-0.39, 0.29) is 18.6 Å². The summed E-state index contributed by atoms with van der Waals surface area (Å²) in [5.74, 6) is -0.0612. The second kappa shape index (κ2) is 6.58. The molecule has 7 nitrogen and oxygen atoms in total. The van der Waals surface area contributed by atoms with Crippen LogP contribution in [0.4, 0.5) is 0 Å². The highest BCUT2D eigenvalue weighted by molar-refractivity contribution is 7.12. The Morgan fingerprint density at radius 3 is 2.95 bits per heavy atom. The molecular formula is C12H17N5O2S. The molecule has 0 atom stereocenters. The smallest absolute Gasteiger partial charge is 0.266 e. The number of aromatic nitrogens is 4. The summed E-state index contributed by atoms with van der Waals surface area (Å²) in [5.41, 5.74) is 0.680. The Morgan fingerprint density at radius 2 is 2.35 bits per heavy atom. The Hall–Kier alpha value is -1.80. The predicted octanol–water partition coefficient (Wildman–Crippen LogP) is 0.957. The van der Waals surface area contributed by atoms with E-state index in [1.54, 1.807) is 4.90 Å². The van der Waals surface area contributed by atoms with Gasteiger partial charge < -0.3 is 10.0 Å². The van der Waals surface area contributed by atoms with Gasteiger partial charge in [-0.1, -0.05) is 0 Å². The van der Waals surface area contributed by atoms with E-state index < -0.39 is 0 Å². The molecule has 0 unspecified atom stereocenters. The first-order valence-electron chi connectivity index (χ1n) is 6.37. The number of aliphatic hydroxyl groups excluding tert-OH is 1. The number of carbonyl (C=O) groups excluding carboxylic acids is 1. The van der Waals surface area contributed by atoms with E-state index >= 15 is 0 Å². The zero-order valence-electron chi connectivity index (χ0n) is 11.4. The SMILES string of the molecule is CC(C)N(CCCO)C(=O)c1sccc1-n1cnnn1. The van der Waals surface area contributed by atoms with Crippen molar-refractivity contribution in [2.24, 2.45) is 0 Å². The van der Waals surface area contributed by atoms with Crippen LogP contribution in [0.3, 0.4) is 0 Å². The average molecular weight is 295 g/mol. The molecule has 0 aliphatic rings. The van der Waals surface area contributed by atoms with Crippen LogP contribution < -0.4 is 0 Å². The summed E-state index contributed by atoms with van der Waals surface area (Å²) in [6, 6.07) is 1.89. The standard InChI is InChI=1S/C12H17N5O2S/c1-9(2)16(5-3-6-18)12(19)11-10(4-7-20-11)17-8-13-14-15-17/h4,7-9,18H,3,5-6H2,1-2H3. The van der Waals surface area contributed by atoms with Gasteiger partial charge in [0.15, 0.2) is 0 Å². The number of nitrogens with zero attached hydrogens (tertiary/aromatic N) is 5. The third kappa shape index (κ3) is 3.02. The molecular weight excluding hydrogens is 278 g/mol. The van der Waals surface area contributed by atoms with Gasteiger partial charge in [0.2, 0.25) is 0 Å². The first kappa shape index (κ1) is 14.6. The van der Waals surface area contributed by atoms with Gasteiger partial charge in [0.1, 0.15) is 11.2 Å². The largest absolute Gasteiger partial charge is 0.396 e. The number of carbonyl (C=O) groups is 1. The molecule has 0 aliphatic heterocycles. The fourth-order valence-corrected chi connectivity index (χ4v) is 2.71. The number of thiophene rings is 1. The Labute approximate surface area is 120 Å². The van der Waals surface area contributed by atoms with Crippen molar-refractivity contribution in [1.82, 2.24) is 25.1 Å². The molecule has 1 amide bonds. The number of hydrogen-bond acceptors (Lipinski definition) is 6. The van der Waals surface area contributed by atoms with Crippen molar-refractivity contribution in [3.8, 4) is 5.69 Å². The van der Waals surface area contributed by atoms with Crippen LogP contribution in [0.25, 0.3) is 5.69 Å². The number of tetrazole rings is 1. The maximum atomic E-state index is 12.6. The van der Waals surface area contributed by atoms with Crippen LogP contribution in [0, 0.1) is 0 Å². The molecule has 108 valence electrons. The molecule has 0 aromatic carbocycles. The maximum Gasteiger partial charge on any atom is 0.266 e. The van der Waals surface area contributed by atoms with Crippen LogP contribution in [0.2, 0.25) is 0 Å². The maximum absolute atomic E-state index is 12.6. The minimum atomic E-state index is -0.0612. The molecule has 0 aliphatic carbocycles. The Kier molecular flexibility index (Phi) is 4.80. The van der Waals surface area contributed by atoms with E-state index in [4.69, 9.17) is 5.11 Å². The first-order valence-corrected chi connectivity index (χ1v) is 7.25. The van der Waals surface area contributed by atoms with E-state index in [1.807, 2.05) is 25.3 Å². The molecule has 0 spiro atoms. The molecule has 0 bridgehead atoms. The zero-order chi connectivity index (χ0) is 14.5. The van der Waals surface area contributed by atoms with Gasteiger partial charge in [-0.05, 0) is 42.1 Å². The third-order valence-electron chi connectivity index (χ3n) is 2.88. The highest BCUT2D eigenvalue weighted by atomic mass is 32.1. The van der Waals surface area contributed by atoms with Crippen LogP contribution >= 0.6 is 11.3 Å². The molecule has 2 aromatic heterocycles. The van der Waals surface area contributed by atoms with Crippen molar-refractivity contribution in [1.29, 1.82) is 0 Å². The van der Waals surface area contributed by atoms with Crippen molar-refractivity contribution in [2.75, 3.05) is 13.2 Å². The van der Waals surface area contributed by atoms with Crippen molar-refractivity contribution in [2.45, 2.75) is 26.3 Å². The summed E-state index contributed by atoms with van der Waals surface area (Å²) in [6.07, 6.45) is 2.03. The highest BCUT2D eigenvalue weighted by Crippen LogP contribution is 2.23. The fraction of sp³-hybridized carbons (Fsp3) is 0.500. The van der Waals surface area contributed by atoms with Crippen molar-refractivity contribution in [3.63, 3.8) is 0 Å². The number of hydrogen-bond donors (Lipinski definition) is 1. The summed E-state index contributed by atoms with van der Waals surface area (Å²) in [6.45, 7) is 4.51. The van der Waals surface area contributed by atoms with Gasteiger partial charge in [0.05, 0.1) is 5.69 Å². The number of rotatable bonds is 6. The topological polar surface area (TPSA) is 84.1 Å². The van der Waals surface area contributed by atoms with Crippen LogP contribution in [0.15, 0.2) is 17.8 Å². The van der Waals surface area contributed by atoms with Gasteiger partial charge >= 0.3 is 0 Å². The molecule has 0 saturated carbocycles. The van der Waals surface area contributed by atoms with Crippen LogP contribution in [0.1, 0.15) is 29.9 Å². The fourth-order valence-electron chi connectivity index (χ4n) is 1.88. The second-order valence-corrected chi connectivity index (χ2v) is 5.47. The molecule has 20 heavy (non-hydrogen) atoms. The summed E-state index contributed by atoms with van der Waals surface area (Å²) < 4.78 is 1.48. The summed E-state index contributed by atoms with van der Waals surface area (Å²) in [7, 11) is 0. The van der Waals surface area contributed by atoms with Crippen LogP contribution in [0.5, 0.6) is 0 Å². The number of aliphatic hydroxyl groups is 1. The molecule has 0 radical (unpaired) electrons. The lowest BCUT2D eigenvalue weighted by Crippen LogP contribution is -2.38. The van der Waals surface area contributed by atoms with E-state index in [9.17, 15) is 4.79 Å². The Balaban J connectivity index is 2.26. The lowest BCUT2D eigenvalue weighted by atomic mass is 10.2. The minimum absolute atomic E-state index is 0.0612. The quantitative estimate of drug-likeness (QED) is 0.858. The van der Waals surface area contributed by atoms with E-state index in [2.05, 4.69) is 15.5 Å². The summed E-state index contributed by atoms with van der Waals surface area (Å²) >= 11 is 1.36. The first-order chi connectivity index (χ1) is 9.65. The second-order valence-electron chi connectivity index (χ2n) is 4.56. The molecule has 2 aromatic rings. The van der Waals surface area contributed by atoms with Gasteiger partial charge in [-0.25, -0.2) is 0 Å². The Bertz CT molecular complexity index is 552. The molecule has 0 fully saturated rings. The normalized spacial score (nSPS) is 11.0. The van der Waals surface area contributed by atoms with Crippen molar-refractivity contribution >= 4 is 17.2 Å². The average Bonchev–Trinajstić information content (AvgIpc) is 3.09. The molecule has 1 N–H and O–H groups in total. The molecule has 0 saturated heterocycles. The zero-order valence-corrected chi connectivity index (χ0v) is 12.2. The lowest BCUT2D eigenvalue weighted by molar-refractivity contribution is 0.0698. The van der Waals surface area contributed by atoms with Gasteiger partial charge in [-0.3, -0.25) is 4.79 Å². The molecule has 2 rings (SSSR count). The van der Waals surface area contributed by atoms with E-state index in [1.165, 1.54) is 22.3 Å². The highest BCUT2D eigenvalue weighted by Gasteiger charge is 2.23.